The number of carboxylic acids is 1. The van der Waals surface area contributed by atoms with E-state index in [2.05, 4.69) is 15.9 Å². The van der Waals surface area contributed by atoms with Gasteiger partial charge in [-0.05, 0) is 11.6 Å². The molecule has 0 bridgehead atoms. The van der Waals surface area contributed by atoms with E-state index in [1.807, 2.05) is 24.3 Å². The zero-order valence-electron chi connectivity index (χ0n) is 10.2. The number of nitrogens with zero attached hydrogens (tertiary/aromatic N) is 1. The molecular formula is C13H14BrNO4. The van der Waals surface area contributed by atoms with Crippen LogP contribution >= 0.6 is 15.9 Å². The van der Waals surface area contributed by atoms with Crippen molar-refractivity contribution in [3.8, 4) is 0 Å². The molecule has 1 saturated heterocycles. The zero-order chi connectivity index (χ0) is 13.8. The summed E-state index contributed by atoms with van der Waals surface area (Å²) >= 11 is 3.38. The highest BCUT2D eigenvalue weighted by Crippen LogP contribution is 2.18. The van der Waals surface area contributed by atoms with Gasteiger partial charge in [0, 0.05) is 11.0 Å². The smallest absolute Gasteiger partial charge is 0.328 e. The molecule has 1 aromatic rings. The molecule has 1 heterocycles. The van der Waals surface area contributed by atoms with Crippen molar-refractivity contribution in [3.05, 3.63) is 34.3 Å². The van der Waals surface area contributed by atoms with Gasteiger partial charge in [-0.15, -0.1) is 0 Å². The minimum atomic E-state index is -1.03. The predicted molar refractivity (Wildman–Crippen MR) is 71.8 cm³/mol. The van der Waals surface area contributed by atoms with Crippen molar-refractivity contribution in [3.63, 3.8) is 0 Å². The maximum absolute atomic E-state index is 12.2. The van der Waals surface area contributed by atoms with Crippen molar-refractivity contribution in [2.75, 3.05) is 19.8 Å². The monoisotopic (exact) mass is 327 g/mol. The second-order valence-electron chi connectivity index (χ2n) is 4.28. The van der Waals surface area contributed by atoms with Crippen LogP contribution in [0.3, 0.4) is 0 Å². The first-order valence-corrected chi connectivity index (χ1v) is 6.72. The highest BCUT2D eigenvalue weighted by molar-refractivity contribution is 9.10. The van der Waals surface area contributed by atoms with E-state index < -0.39 is 12.0 Å². The van der Waals surface area contributed by atoms with Crippen LogP contribution in [0, 0.1) is 0 Å². The Bertz CT molecular complexity index is 491. The molecule has 0 aromatic heterocycles. The van der Waals surface area contributed by atoms with Crippen LogP contribution in [0.25, 0.3) is 0 Å². The van der Waals surface area contributed by atoms with Crippen molar-refractivity contribution in [1.82, 2.24) is 4.90 Å². The van der Waals surface area contributed by atoms with E-state index in [1.54, 1.807) is 0 Å². The summed E-state index contributed by atoms with van der Waals surface area (Å²) in [4.78, 5) is 24.7. The molecule has 1 N–H and O–H groups in total. The molecule has 1 aliphatic heterocycles. The van der Waals surface area contributed by atoms with Gasteiger partial charge in [-0.2, -0.15) is 0 Å². The van der Waals surface area contributed by atoms with Gasteiger partial charge in [0.05, 0.1) is 19.6 Å². The number of benzene rings is 1. The molecule has 6 heteroatoms. The van der Waals surface area contributed by atoms with Crippen LogP contribution in [-0.2, 0) is 20.7 Å². The lowest BCUT2D eigenvalue weighted by Crippen LogP contribution is -2.53. The number of carbonyl (C=O) groups excluding carboxylic acids is 1. The summed E-state index contributed by atoms with van der Waals surface area (Å²) in [6, 6.07) is 6.53. The molecule has 1 fully saturated rings. The van der Waals surface area contributed by atoms with E-state index in [1.165, 1.54) is 4.90 Å². The molecule has 0 unspecified atom stereocenters. The first-order chi connectivity index (χ1) is 9.09. The first-order valence-electron chi connectivity index (χ1n) is 5.93. The number of halogens is 1. The third kappa shape index (κ3) is 3.33. The number of aliphatic carboxylic acids is 1. The molecule has 1 amide bonds. The van der Waals surface area contributed by atoms with Crippen molar-refractivity contribution in [1.29, 1.82) is 0 Å². The maximum Gasteiger partial charge on any atom is 0.328 e. The number of carbonyl (C=O) groups is 2. The number of ether oxygens (including phenoxy) is 1. The maximum atomic E-state index is 12.2. The summed E-state index contributed by atoms with van der Waals surface area (Å²) in [6.45, 7) is 0.753. The number of hydrogen-bond donors (Lipinski definition) is 1. The van der Waals surface area contributed by atoms with Gasteiger partial charge in [-0.3, -0.25) is 4.79 Å². The van der Waals surface area contributed by atoms with Gasteiger partial charge >= 0.3 is 5.97 Å². The third-order valence-electron chi connectivity index (χ3n) is 3.03. The first kappa shape index (κ1) is 14.0. The summed E-state index contributed by atoms with van der Waals surface area (Å²) in [5, 5.41) is 9.10. The molecule has 0 spiro atoms. The van der Waals surface area contributed by atoms with Crippen molar-refractivity contribution in [2.24, 2.45) is 0 Å². The average Bonchev–Trinajstić information content (AvgIpc) is 2.41. The zero-order valence-corrected chi connectivity index (χ0v) is 11.8. The Morgan fingerprint density at radius 3 is 2.84 bits per heavy atom. The highest BCUT2D eigenvalue weighted by Gasteiger charge is 2.32. The van der Waals surface area contributed by atoms with Gasteiger partial charge in [0.15, 0.2) is 6.04 Å². The van der Waals surface area contributed by atoms with Crippen molar-refractivity contribution >= 4 is 27.8 Å². The molecule has 0 saturated carbocycles. The Morgan fingerprint density at radius 2 is 2.16 bits per heavy atom. The van der Waals surface area contributed by atoms with Crippen LogP contribution in [0.2, 0.25) is 0 Å². The second kappa shape index (κ2) is 6.16. The van der Waals surface area contributed by atoms with E-state index in [0.717, 1.165) is 10.0 Å². The van der Waals surface area contributed by atoms with Gasteiger partial charge in [0.1, 0.15) is 0 Å². The van der Waals surface area contributed by atoms with E-state index in [0.29, 0.717) is 13.2 Å². The standard InChI is InChI=1S/C13H14BrNO4/c14-10-4-2-1-3-9(10)7-12(16)15-5-6-19-8-11(15)13(17)18/h1-4,11H,5-8H2,(H,17,18)/t11-/m1/s1. The van der Waals surface area contributed by atoms with Gasteiger partial charge in [0.25, 0.3) is 0 Å². The Labute approximate surface area is 119 Å². The Balaban J connectivity index is 2.10. The van der Waals surface area contributed by atoms with Crippen molar-refractivity contribution in [2.45, 2.75) is 12.5 Å². The molecular weight excluding hydrogens is 314 g/mol. The van der Waals surface area contributed by atoms with E-state index in [9.17, 15) is 9.59 Å². The van der Waals surface area contributed by atoms with E-state index >= 15 is 0 Å². The second-order valence-corrected chi connectivity index (χ2v) is 5.14. The Kier molecular flexibility index (Phi) is 4.55. The van der Waals surface area contributed by atoms with E-state index in [-0.39, 0.29) is 18.9 Å². The molecule has 1 atom stereocenters. The minimum Gasteiger partial charge on any atom is -0.480 e. The summed E-state index contributed by atoms with van der Waals surface area (Å²) < 4.78 is 5.96. The lowest BCUT2D eigenvalue weighted by atomic mass is 10.1. The van der Waals surface area contributed by atoms with Crippen LogP contribution in [-0.4, -0.2) is 47.7 Å². The fourth-order valence-corrected chi connectivity index (χ4v) is 2.44. The van der Waals surface area contributed by atoms with E-state index in [4.69, 9.17) is 9.84 Å². The molecule has 19 heavy (non-hydrogen) atoms. The van der Waals surface area contributed by atoms with Crippen LogP contribution in [0.1, 0.15) is 5.56 Å². The van der Waals surface area contributed by atoms with Gasteiger partial charge in [0.2, 0.25) is 5.91 Å². The third-order valence-corrected chi connectivity index (χ3v) is 3.81. The quantitative estimate of drug-likeness (QED) is 0.908. The molecule has 1 aliphatic rings. The van der Waals surface area contributed by atoms with Gasteiger partial charge < -0.3 is 14.7 Å². The fourth-order valence-electron chi connectivity index (χ4n) is 2.01. The number of rotatable bonds is 3. The summed E-state index contributed by atoms with van der Waals surface area (Å²) in [5.41, 5.74) is 0.850. The summed E-state index contributed by atoms with van der Waals surface area (Å²) in [5.74, 6) is -1.22. The molecule has 1 aromatic carbocycles. The van der Waals surface area contributed by atoms with Crippen LogP contribution in [0.4, 0.5) is 0 Å². The van der Waals surface area contributed by atoms with Gasteiger partial charge in [-0.1, -0.05) is 34.1 Å². The number of amides is 1. The SMILES string of the molecule is O=C(O)[C@H]1COCCN1C(=O)Cc1ccccc1Br. The minimum absolute atomic E-state index is 0.0526. The largest absolute Gasteiger partial charge is 0.480 e. The summed E-state index contributed by atoms with van der Waals surface area (Å²) in [7, 11) is 0. The lowest BCUT2D eigenvalue weighted by molar-refractivity contribution is -0.158. The highest BCUT2D eigenvalue weighted by atomic mass is 79.9. The molecule has 2 rings (SSSR count). The van der Waals surface area contributed by atoms with Crippen LogP contribution < -0.4 is 0 Å². The topological polar surface area (TPSA) is 66.8 Å². The number of morpholine rings is 1. The summed E-state index contributed by atoms with van der Waals surface area (Å²) in [6.07, 6.45) is 0.186. The Morgan fingerprint density at radius 1 is 1.42 bits per heavy atom. The van der Waals surface area contributed by atoms with Gasteiger partial charge in [-0.25, -0.2) is 4.79 Å². The number of hydrogen-bond acceptors (Lipinski definition) is 3. The predicted octanol–water partition coefficient (Wildman–Crippen LogP) is 1.30. The number of carboxylic acid groups (broad SMARTS) is 1. The Hall–Kier alpha value is -1.40. The normalized spacial score (nSPS) is 19.2. The molecule has 102 valence electrons. The average molecular weight is 328 g/mol. The van der Waals surface area contributed by atoms with Crippen LogP contribution in [0.15, 0.2) is 28.7 Å². The molecule has 0 aliphatic carbocycles. The molecule has 5 nitrogen and oxygen atoms in total. The fraction of sp³-hybridized carbons (Fsp3) is 0.385. The lowest BCUT2D eigenvalue weighted by Gasteiger charge is -2.33. The van der Waals surface area contributed by atoms with Crippen molar-refractivity contribution < 1.29 is 19.4 Å². The van der Waals surface area contributed by atoms with Crippen LogP contribution in [0.5, 0.6) is 0 Å². The molecule has 0 radical (unpaired) electrons.